The van der Waals surface area contributed by atoms with Crippen LogP contribution in [0.1, 0.15) is 57.6 Å². The molecule has 1 amide bonds. The number of rotatable bonds is 8. The molecule has 2 heterocycles. The number of benzene rings is 1. The van der Waals surface area contributed by atoms with Gasteiger partial charge in [0.05, 0.1) is 20.1 Å². The number of carbonyl (C=O) groups is 1. The number of aromatic nitrogens is 1. The zero-order valence-corrected chi connectivity index (χ0v) is 19.2. The highest BCUT2D eigenvalue weighted by atomic mass is 16.2. The van der Waals surface area contributed by atoms with Gasteiger partial charge in [-0.1, -0.05) is 38.0 Å². The molecule has 0 bridgehead atoms. The topological polar surface area (TPSA) is 36.1 Å². The number of aromatic amines is 1. The Bertz CT molecular complexity index is 939. The number of carbonyl (C=O) groups excluding carboxylic acids is 1. The van der Waals surface area contributed by atoms with Gasteiger partial charge >= 0.3 is 0 Å². The van der Waals surface area contributed by atoms with Crippen LogP contribution in [-0.4, -0.2) is 59.5 Å². The van der Waals surface area contributed by atoms with Crippen LogP contribution >= 0.6 is 0 Å². The Balaban J connectivity index is 1.75. The highest BCUT2D eigenvalue weighted by molar-refractivity contribution is 5.99. The summed E-state index contributed by atoms with van der Waals surface area (Å²) in [5.41, 5.74) is 5.41. The van der Waals surface area contributed by atoms with Crippen molar-refractivity contribution in [3.63, 3.8) is 0 Å². The molecule has 1 aromatic carbocycles. The summed E-state index contributed by atoms with van der Waals surface area (Å²) in [6.45, 7) is 10.1. The minimum atomic E-state index is -0.0249. The molecule has 1 unspecified atom stereocenters. The lowest BCUT2D eigenvalue weighted by Gasteiger charge is -2.49. The molecule has 1 N–H and O–H groups in total. The number of nitrogens with one attached hydrogen (secondary N) is 1. The second kappa shape index (κ2) is 8.58. The van der Waals surface area contributed by atoms with Gasteiger partial charge in [0.1, 0.15) is 12.0 Å². The molecule has 4 heteroatoms. The lowest BCUT2D eigenvalue weighted by Crippen LogP contribution is -2.60. The Labute approximate surface area is 181 Å². The lowest BCUT2D eigenvalue weighted by molar-refractivity contribution is -0.928. The number of hydrogen-bond donors (Lipinski definition) is 1. The predicted octanol–water partition coefficient (Wildman–Crippen LogP) is 5.00. The molecule has 3 atom stereocenters. The summed E-state index contributed by atoms with van der Waals surface area (Å²) in [5.74, 6) is 0.277. The van der Waals surface area contributed by atoms with Crippen molar-refractivity contribution >= 4 is 22.4 Å². The van der Waals surface area contributed by atoms with Gasteiger partial charge in [0.2, 0.25) is 5.91 Å². The first-order valence-electron chi connectivity index (χ1n) is 12.0. The van der Waals surface area contributed by atoms with E-state index < -0.39 is 0 Å². The first-order valence-corrected chi connectivity index (χ1v) is 12.0. The van der Waals surface area contributed by atoms with Gasteiger partial charge in [-0.3, -0.25) is 4.79 Å². The quantitative estimate of drug-likeness (QED) is 0.484. The zero-order valence-electron chi connectivity index (χ0n) is 19.2. The van der Waals surface area contributed by atoms with Gasteiger partial charge in [-0.05, 0) is 43.9 Å². The van der Waals surface area contributed by atoms with Crippen LogP contribution in [-0.2, 0) is 11.2 Å². The van der Waals surface area contributed by atoms with Gasteiger partial charge in [-0.25, -0.2) is 0 Å². The van der Waals surface area contributed by atoms with Crippen molar-refractivity contribution in [1.29, 1.82) is 0 Å². The lowest BCUT2D eigenvalue weighted by atomic mass is 9.78. The van der Waals surface area contributed by atoms with Crippen LogP contribution in [0.25, 0.3) is 16.5 Å². The summed E-state index contributed by atoms with van der Waals surface area (Å²) in [7, 11) is 2.41. The number of quaternary nitrogens is 1. The van der Waals surface area contributed by atoms with Crippen molar-refractivity contribution in [2.45, 2.75) is 58.9 Å². The number of nitrogens with zero attached hydrogens (tertiary/aromatic N) is 2. The molecule has 0 fully saturated rings. The summed E-state index contributed by atoms with van der Waals surface area (Å²) in [4.78, 5) is 18.9. The normalized spacial score (nSPS) is 25.1. The van der Waals surface area contributed by atoms with Crippen LogP contribution in [0, 0.1) is 5.92 Å². The molecular formula is C26H38N3O+. The number of amides is 1. The van der Waals surface area contributed by atoms with Gasteiger partial charge < -0.3 is 14.4 Å². The molecule has 4 nitrogen and oxygen atoms in total. The standard InChI is InChI=1S/C26H38N3O/c1-5-8-9-10-14-29(4)18-20(26(30)28(6-2)7-3)15-22-21-12-11-13-23-25(21)19(17-27-23)16-24(22)29/h11-13,15,17,20,24,27H,5-10,14,16,18H2,1-4H3/q+1/t20-,24-,29?/m1/s1. The third-order valence-electron chi connectivity index (χ3n) is 7.53. The number of H-pyrrole nitrogens is 1. The van der Waals surface area contributed by atoms with E-state index in [1.54, 1.807) is 0 Å². The number of unbranched alkanes of at least 4 members (excludes halogenated alkanes) is 3. The fourth-order valence-corrected chi connectivity index (χ4v) is 5.82. The summed E-state index contributed by atoms with van der Waals surface area (Å²) in [5, 5.41) is 1.37. The minimum Gasteiger partial charge on any atom is -0.361 e. The fraction of sp³-hybridized carbons (Fsp3) is 0.577. The van der Waals surface area contributed by atoms with Crippen LogP contribution in [0.4, 0.5) is 0 Å². The Morgan fingerprint density at radius 3 is 2.70 bits per heavy atom. The van der Waals surface area contributed by atoms with Crippen molar-refractivity contribution in [3.05, 3.63) is 41.6 Å². The third kappa shape index (κ3) is 3.60. The third-order valence-corrected chi connectivity index (χ3v) is 7.53. The molecule has 2 aromatic rings. The largest absolute Gasteiger partial charge is 0.361 e. The van der Waals surface area contributed by atoms with E-state index >= 15 is 0 Å². The van der Waals surface area contributed by atoms with E-state index in [0.717, 1.165) is 37.1 Å². The van der Waals surface area contributed by atoms with Gasteiger partial charge in [0, 0.05) is 42.2 Å². The van der Waals surface area contributed by atoms with E-state index in [9.17, 15) is 4.79 Å². The Morgan fingerprint density at radius 2 is 1.97 bits per heavy atom. The van der Waals surface area contributed by atoms with E-state index in [2.05, 4.69) is 63.3 Å². The van der Waals surface area contributed by atoms with E-state index in [0.29, 0.717) is 11.9 Å². The van der Waals surface area contributed by atoms with Crippen LogP contribution in [0.3, 0.4) is 0 Å². The molecule has 30 heavy (non-hydrogen) atoms. The zero-order chi connectivity index (χ0) is 21.3. The average Bonchev–Trinajstić information content (AvgIpc) is 3.17. The van der Waals surface area contributed by atoms with Crippen molar-refractivity contribution in [1.82, 2.24) is 9.88 Å². The Hall–Kier alpha value is -2.07. The van der Waals surface area contributed by atoms with Crippen molar-refractivity contribution in [2.24, 2.45) is 5.92 Å². The summed E-state index contributed by atoms with van der Waals surface area (Å²) in [6, 6.07) is 7.04. The Kier molecular flexibility index (Phi) is 6.06. The first kappa shape index (κ1) is 21.2. The van der Waals surface area contributed by atoms with Crippen LogP contribution in [0.15, 0.2) is 30.5 Å². The molecule has 1 aliphatic carbocycles. The second-order valence-corrected chi connectivity index (χ2v) is 9.45. The van der Waals surface area contributed by atoms with Crippen LogP contribution in [0.2, 0.25) is 0 Å². The van der Waals surface area contributed by atoms with Crippen molar-refractivity contribution in [3.8, 4) is 0 Å². The van der Waals surface area contributed by atoms with Crippen molar-refractivity contribution < 1.29 is 9.28 Å². The molecule has 0 saturated carbocycles. The number of hydrogen-bond acceptors (Lipinski definition) is 1. The molecule has 1 aliphatic heterocycles. The highest BCUT2D eigenvalue weighted by Crippen LogP contribution is 2.44. The fourth-order valence-electron chi connectivity index (χ4n) is 5.82. The maximum absolute atomic E-state index is 13.4. The molecular weight excluding hydrogens is 370 g/mol. The van der Waals surface area contributed by atoms with Crippen LogP contribution < -0.4 is 0 Å². The predicted molar refractivity (Wildman–Crippen MR) is 125 cm³/mol. The van der Waals surface area contributed by atoms with Gasteiger partial charge in [-0.2, -0.15) is 0 Å². The maximum Gasteiger partial charge on any atom is 0.235 e. The van der Waals surface area contributed by atoms with E-state index in [1.165, 1.54) is 53.3 Å². The van der Waals surface area contributed by atoms with E-state index in [4.69, 9.17) is 0 Å². The molecule has 0 radical (unpaired) electrons. The molecule has 0 spiro atoms. The van der Waals surface area contributed by atoms with Crippen molar-refractivity contribution in [2.75, 3.05) is 33.2 Å². The monoisotopic (exact) mass is 408 g/mol. The molecule has 4 rings (SSSR count). The minimum absolute atomic E-state index is 0.0249. The highest BCUT2D eigenvalue weighted by Gasteiger charge is 2.46. The van der Waals surface area contributed by atoms with Crippen LogP contribution in [0.5, 0.6) is 0 Å². The molecule has 0 saturated heterocycles. The summed E-state index contributed by atoms with van der Waals surface area (Å²) in [6.07, 6.45) is 10.7. The SMILES string of the molecule is CCCCCC[N+]1(C)C[C@H](C(=O)N(CC)CC)C=C2c3cccc4[nH]cc(c34)C[C@H]21. The average molecular weight is 409 g/mol. The van der Waals surface area contributed by atoms with Gasteiger partial charge in [-0.15, -0.1) is 0 Å². The van der Waals surface area contributed by atoms with E-state index in [-0.39, 0.29) is 5.92 Å². The molecule has 162 valence electrons. The number of fused-ring (bicyclic) bond motifs is 2. The smallest absolute Gasteiger partial charge is 0.235 e. The maximum atomic E-state index is 13.4. The number of likely N-dealkylation sites (N-methyl/N-ethyl adjacent to an activating group) is 1. The Morgan fingerprint density at radius 1 is 1.17 bits per heavy atom. The summed E-state index contributed by atoms with van der Waals surface area (Å²) < 4.78 is 0.980. The van der Waals surface area contributed by atoms with Gasteiger partial charge in [0.15, 0.2) is 0 Å². The van der Waals surface area contributed by atoms with Gasteiger partial charge in [0.25, 0.3) is 0 Å². The molecule has 2 aliphatic rings. The second-order valence-electron chi connectivity index (χ2n) is 9.45. The first-order chi connectivity index (χ1) is 14.5. The van der Waals surface area contributed by atoms with E-state index in [1.807, 2.05) is 4.90 Å². The summed E-state index contributed by atoms with van der Waals surface area (Å²) >= 11 is 0. The molecule has 1 aromatic heterocycles.